The van der Waals surface area contributed by atoms with E-state index >= 15 is 0 Å². The number of imidazole rings is 1. The number of fused-ring (bicyclic) bond motifs is 1. The lowest BCUT2D eigenvalue weighted by Crippen LogP contribution is -2.43. The first-order chi connectivity index (χ1) is 21.4. The number of aromatic nitrogens is 2. The number of carboxylic acid groups (broad SMARTS) is 2. The third-order valence-electron chi connectivity index (χ3n) is 6.11. The number of halogens is 3. The molecule has 7 N–H and O–H groups in total. The van der Waals surface area contributed by atoms with Crippen molar-refractivity contribution in [1.29, 1.82) is 0 Å². The van der Waals surface area contributed by atoms with Crippen LogP contribution in [0.2, 0.25) is 0 Å². The summed E-state index contributed by atoms with van der Waals surface area (Å²) in [6.45, 7) is 0.720. The Morgan fingerprint density at radius 1 is 0.822 bits per heavy atom. The second-order valence-electron chi connectivity index (χ2n) is 9.50. The molecule has 1 unspecified atom stereocenters. The van der Waals surface area contributed by atoms with E-state index in [-0.39, 0.29) is 13.0 Å². The van der Waals surface area contributed by atoms with Gasteiger partial charge in [0, 0.05) is 13.1 Å². The van der Waals surface area contributed by atoms with E-state index in [0.717, 1.165) is 22.2 Å². The highest BCUT2D eigenvalue weighted by Crippen LogP contribution is 2.23. The number of carboxylic acids is 2. The number of carbonyl (C=O) groups is 4. The second-order valence-corrected chi connectivity index (χ2v) is 9.50. The third-order valence-corrected chi connectivity index (χ3v) is 6.11. The minimum Gasteiger partial charge on any atom is -0.481 e. The standard InChI is InChI=1S/C28H30N6O4.C2HF3O2/c35-25(18-31-28(38)30-16-6-15-29-27-33-22-9-4-5-10-23(22)34-27)32-24(17-26(36)37)21-13-11-20(12-14-21)19-7-2-1-3-8-19;3-2(4,5)1(6)7/h1-5,7-14,24H,6,15-18H2,(H,32,35)(H,36,37)(H2,29,33,34)(H2,30,31,38);(H,6,7). The Bertz CT molecular complexity index is 1550. The van der Waals surface area contributed by atoms with Crippen LogP contribution >= 0.6 is 0 Å². The summed E-state index contributed by atoms with van der Waals surface area (Å²) in [6, 6.07) is 23.7. The molecule has 4 rings (SSSR count). The van der Waals surface area contributed by atoms with E-state index in [2.05, 4.69) is 31.2 Å². The lowest BCUT2D eigenvalue weighted by Gasteiger charge is -2.18. The van der Waals surface area contributed by atoms with Crippen molar-refractivity contribution in [3.8, 4) is 11.1 Å². The Morgan fingerprint density at radius 2 is 1.44 bits per heavy atom. The Hall–Kier alpha value is -5.60. The number of nitrogens with one attached hydrogen (secondary N) is 5. The van der Waals surface area contributed by atoms with Gasteiger partial charge in [0.2, 0.25) is 11.9 Å². The number of alkyl halides is 3. The quantitative estimate of drug-likeness (QED) is 0.113. The fourth-order valence-electron chi connectivity index (χ4n) is 3.97. The monoisotopic (exact) mass is 628 g/mol. The molecule has 1 atom stereocenters. The summed E-state index contributed by atoms with van der Waals surface area (Å²) >= 11 is 0. The van der Waals surface area contributed by atoms with Crippen LogP contribution in [0.1, 0.15) is 24.4 Å². The van der Waals surface area contributed by atoms with Gasteiger partial charge in [-0.2, -0.15) is 13.2 Å². The van der Waals surface area contributed by atoms with Crippen LogP contribution in [0.5, 0.6) is 0 Å². The number of nitrogens with zero attached hydrogens (tertiary/aromatic N) is 1. The molecule has 1 aromatic heterocycles. The fraction of sp³-hybridized carbons (Fsp3) is 0.233. The number of carbonyl (C=O) groups excluding carboxylic acids is 2. The van der Waals surface area contributed by atoms with E-state index in [1.54, 1.807) is 12.1 Å². The van der Waals surface area contributed by atoms with Crippen molar-refractivity contribution in [2.24, 2.45) is 0 Å². The van der Waals surface area contributed by atoms with E-state index in [1.165, 1.54) is 0 Å². The first-order valence-electron chi connectivity index (χ1n) is 13.6. The normalized spacial score (nSPS) is 11.4. The molecular formula is C30H31F3N6O6. The molecule has 1 heterocycles. The molecule has 3 aromatic carbocycles. The number of aliphatic carboxylic acids is 2. The predicted octanol–water partition coefficient (Wildman–Crippen LogP) is 4.30. The fourth-order valence-corrected chi connectivity index (χ4v) is 3.97. The molecule has 0 bridgehead atoms. The van der Waals surface area contributed by atoms with Crippen LogP contribution in [-0.4, -0.2) is 69.9 Å². The molecule has 4 aromatic rings. The summed E-state index contributed by atoms with van der Waals surface area (Å²) in [5.41, 5.74) is 4.52. The van der Waals surface area contributed by atoms with E-state index < -0.39 is 36.1 Å². The van der Waals surface area contributed by atoms with Gasteiger partial charge in [0.05, 0.1) is 30.0 Å². The van der Waals surface area contributed by atoms with Crippen molar-refractivity contribution in [3.63, 3.8) is 0 Å². The first kappa shape index (κ1) is 33.9. The van der Waals surface area contributed by atoms with Crippen molar-refractivity contribution in [1.82, 2.24) is 25.9 Å². The van der Waals surface area contributed by atoms with Gasteiger partial charge in [-0.25, -0.2) is 14.6 Å². The zero-order valence-electron chi connectivity index (χ0n) is 23.7. The Kier molecular flexibility index (Phi) is 12.3. The highest BCUT2D eigenvalue weighted by Gasteiger charge is 2.38. The zero-order chi connectivity index (χ0) is 32.8. The number of amides is 3. The topological polar surface area (TPSA) is 186 Å². The molecule has 0 aliphatic heterocycles. The molecule has 3 amide bonds. The summed E-state index contributed by atoms with van der Waals surface area (Å²) in [5.74, 6) is -3.61. The molecule has 45 heavy (non-hydrogen) atoms. The van der Waals surface area contributed by atoms with Crippen molar-refractivity contribution in [3.05, 3.63) is 84.4 Å². The maximum absolute atomic E-state index is 12.4. The van der Waals surface area contributed by atoms with Crippen LogP contribution in [0.25, 0.3) is 22.2 Å². The van der Waals surface area contributed by atoms with Crippen LogP contribution in [-0.2, 0) is 14.4 Å². The third kappa shape index (κ3) is 11.5. The van der Waals surface area contributed by atoms with Crippen molar-refractivity contribution in [2.45, 2.75) is 25.1 Å². The van der Waals surface area contributed by atoms with Crippen LogP contribution in [0, 0.1) is 0 Å². The number of para-hydroxylation sites is 2. The number of H-pyrrole nitrogens is 1. The van der Waals surface area contributed by atoms with E-state index in [9.17, 15) is 32.7 Å². The lowest BCUT2D eigenvalue weighted by atomic mass is 9.99. The first-order valence-corrected chi connectivity index (χ1v) is 13.6. The van der Waals surface area contributed by atoms with Crippen LogP contribution in [0.4, 0.5) is 23.9 Å². The lowest BCUT2D eigenvalue weighted by molar-refractivity contribution is -0.192. The maximum atomic E-state index is 12.4. The molecule has 0 aliphatic carbocycles. The molecule has 0 fully saturated rings. The van der Waals surface area contributed by atoms with Crippen LogP contribution in [0.15, 0.2) is 78.9 Å². The summed E-state index contributed by atoms with van der Waals surface area (Å²) in [6.07, 6.45) is -4.71. The van der Waals surface area contributed by atoms with Crippen molar-refractivity contribution in [2.75, 3.05) is 25.0 Å². The molecule has 15 heteroatoms. The van der Waals surface area contributed by atoms with Gasteiger partial charge in [-0.3, -0.25) is 9.59 Å². The number of hydrogen-bond acceptors (Lipinski definition) is 6. The van der Waals surface area contributed by atoms with Gasteiger partial charge in [-0.1, -0.05) is 66.7 Å². The minimum atomic E-state index is -5.08. The largest absolute Gasteiger partial charge is 0.490 e. The van der Waals surface area contributed by atoms with E-state index in [4.69, 9.17) is 9.90 Å². The Balaban J connectivity index is 0.000000707. The molecule has 12 nitrogen and oxygen atoms in total. The number of anilines is 1. The van der Waals surface area contributed by atoms with Crippen molar-refractivity contribution < 1.29 is 42.6 Å². The summed E-state index contributed by atoms with van der Waals surface area (Å²) in [7, 11) is 0. The molecule has 0 aliphatic rings. The number of aromatic amines is 1. The summed E-state index contributed by atoms with van der Waals surface area (Å²) in [5, 5.41) is 27.5. The minimum absolute atomic E-state index is 0.277. The van der Waals surface area contributed by atoms with Gasteiger partial charge >= 0.3 is 24.1 Å². The molecule has 238 valence electrons. The van der Waals surface area contributed by atoms with Crippen LogP contribution in [0.3, 0.4) is 0 Å². The molecule has 0 saturated carbocycles. The van der Waals surface area contributed by atoms with Gasteiger partial charge in [0.1, 0.15) is 0 Å². The number of hydrogen-bond donors (Lipinski definition) is 7. The van der Waals surface area contributed by atoms with Gasteiger partial charge in [0.15, 0.2) is 0 Å². The Morgan fingerprint density at radius 3 is 2.07 bits per heavy atom. The maximum Gasteiger partial charge on any atom is 0.490 e. The molecule has 0 spiro atoms. The van der Waals surface area contributed by atoms with E-state index in [0.29, 0.717) is 31.0 Å². The number of rotatable bonds is 12. The van der Waals surface area contributed by atoms with Gasteiger partial charge in [-0.05, 0) is 35.2 Å². The molecule has 0 saturated heterocycles. The number of benzene rings is 3. The second kappa shape index (κ2) is 16.3. The number of urea groups is 1. The zero-order valence-corrected chi connectivity index (χ0v) is 23.7. The summed E-state index contributed by atoms with van der Waals surface area (Å²) in [4.78, 5) is 52.4. The average Bonchev–Trinajstić information content (AvgIpc) is 3.43. The highest BCUT2D eigenvalue weighted by molar-refractivity contribution is 5.84. The summed E-state index contributed by atoms with van der Waals surface area (Å²) < 4.78 is 31.7. The van der Waals surface area contributed by atoms with Crippen LogP contribution < -0.4 is 21.3 Å². The molecule has 0 radical (unpaired) electrons. The van der Waals surface area contributed by atoms with Gasteiger partial charge in [0.25, 0.3) is 0 Å². The average molecular weight is 629 g/mol. The SMILES string of the molecule is O=C(O)C(F)(F)F.O=C(O)CC(NC(=O)CNC(=O)NCCCNc1nc2ccccc2[nH]1)c1ccc(-c2ccccc2)cc1. The predicted molar refractivity (Wildman–Crippen MR) is 159 cm³/mol. The van der Waals surface area contributed by atoms with Gasteiger partial charge < -0.3 is 36.5 Å². The van der Waals surface area contributed by atoms with Gasteiger partial charge in [-0.15, -0.1) is 0 Å². The smallest absolute Gasteiger partial charge is 0.481 e. The van der Waals surface area contributed by atoms with Crippen molar-refractivity contribution >= 4 is 40.9 Å². The molecular weight excluding hydrogens is 597 g/mol. The Labute approximate surface area is 255 Å². The van der Waals surface area contributed by atoms with E-state index in [1.807, 2.05) is 66.7 Å². The highest BCUT2D eigenvalue weighted by atomic mass is 19.4.